The Morgan fingerprint density at radius 2 is 1.90 bits per heavy atom. The van der Waals surface area contributed by atoms with Crippen molar-refractivity contribution >= 4 is 22.9 Å². The van der Waals surface area contributed by atoms with E-state index >= 15 is 0 Å². The number of aromatic nitrogens is 4. The predicted octanol–water partition coefficient (Wildman–Crippen LogP) is 1.98. The lowest BCUT2D eigenvalue weighted by Gasteiger charge is -2.33. The summed E-state index contributed by atoms with van der Waals surface area (Å²) >= 11 is 0. The van der Waals surface area contributed by atoms with Crippen molar-refractivity contribution in [1.82, 2.24) is 29.7 Å². The van der Waals surface area contributed by atoms with Crippen LogP contribution < -0.4 is 10.2 Å². The number of piperidine rings is 1. The highest BCUT2D eigenvalue weighted by atomic mass is 16.1. The predicted molar refractivity (Wildman–Crippen MR) is 116 cm³/mol. The summed E-state index contributed by atoms with van der Waals surface area (Å²) in [5.74, 6) is 2.24. The van der Waals surface area contributed by atoms with Gasteiger partial charge in [-0.3, -0.25) is 4.79 Å². The van der Waals surface area contributed by atoms with E-state index in [9.17, 15) is 4.79 Å². The zero-order valence-corrected chi connectivity index (χ0v) is 17.9. The minimum Gasteiger partial charge on any atom is -0.355 e. The van der Waals surface area contributed by atoms with Gasteiger partial charge in [0.2, 0.25) is 5.91 Å². The number of nitrogens with one attached hydrogen (secondary N) is 1. The molecule has 0 aliphatic carbocycles. The number of imidazole rings is 1. The fraction of sp³-hybridized carbons (Fsp3) is 0.727. The lowest BCUT2D eigenvalue weighted by atomic mass is 9.97. The first-order chi connectivity index (χ1) is 14.8. The molecule has 8 nitrogen and oxygen atoms in total. The smallest absolute Gasteiger partial charge is 0.224 e. The van der Waals surface area contributed by atoms with E-state index in [2.05, 4.69) is 29.7 Å². The molecule has 0 spiro atoms. The van der Waals surface area contributed by atoms with Gasteiger partial charge in [0.25, 0.3) is 0 Å². The van der Waals surface area contributed by atoms with Crippen LogP contribution in [-0.4, -0.2) is 69.6 Å². The second kappa shape index (κ2) is 8.88. The third kappa shape index (κ3) is 4.02. The standard InChI is InChI=1S/C22H33N7O/c30-22(23-9-14-27-10-4-5-11-27)17-7-6-12-28(15-17)20-19-21(25-16-24-20)29-13-3-1-2-8-18(29)26-19/h16-17H,1-15H2,(H,23,30). The lowest BCUT2D eigenvalue weighted by Crippen LogP contribution is -2.45. The lowest BCUT2D eigenvalue weighted by molar-refractivity contribution is -0.125. The molecular formula is C22H33N7O. The molecule has 2 fully saturated rings. The maximum absolute atomic E-state index is 12.8. The van der Waals surface area contributed by atoms with Crippen LogP contribution in [0.5, 0.6) is 0 Å². The Hall–Kier alpha value is -2.22. The molecule has 0 saturated carbocycles. The topological polar surface area (TPSA) is 79.2 Å². The molecule has 5 rings (SSSR count). The van der Waals surface area contributed by atoms with E-state index in [1.807, 2.05) is 0 Å². The molecule has 1 atom stereocenters. The SMILES string of the molecule is O=C(NCCN1CCCC1)C1CCCN(c2ncnc3c2nc2n3CCCCC2)C1. The zero-order valence-electron chi connectivity index (χ0n) is 17.9. The van der Waals surface area contributed by atoms with Gasteiger partial charge in [-0.1, -0.05) is 6.42 Å². The number of nitrogens with zero attached hydrogens (tertiary/aromatic N) is 6. The van der Waals surface area contributed by atoms with Gasteiger partial charge in [-0.25, -0.2) is 15.0 Å². The number of rotatable bonds is 5. The Balaban J connectivity index is 1.27. The molecule has 0 radical (unpaired) electrons. The molecule has 5 heterocycles. The molecule has 1 amide bonds. The highest BCUT2D eigenvalue weighted by Crippen LogP contribution is 2.29. The summed E-state index contributed by atoms with van der Waals surface area (Å²) in [7, 11) is 0. The molecule has 2 aromatic heterocycles. The molecule has 3 aliphatic heterocycles. The first-order valence-corrected chi connectivity index (χ1v) is 11.7. The molecule has 0 bridgehead atoms. The summed E-state index contributed by atoms with van der Waals surface area (Å²) in [5, 5.41) is 3.18. The summed E-state index contributed by atoms with van der Waals surface area (Å²) in [4.78, 5) is 31.6. The van der Waals surface area contributed by atoms with E-state index < -0.39 is 0 Å². The largest absolute Gasteiger partial charge is 0.355 e. The van der Waals surface area contributed by atoms with Crippen molar-refractivity contribution in [2.75, 3.05) is 44.2 Å². The number of aryl methyl sites for hydroxylation is 2. The first-order valence-electron chi connectivity index (χ1n) is 11.7. The van der Waals surface area contributed by atoms with Crippen molar-refractivity contribution in [2.45, 2.75) is 57.9 Å². The Morgan fingerprint density at radius 1 is 1.03 bits per heavy atom. The van der Waals surface area contributed by atoms with Crippen molar-refractivity contribution in [2.24, 2.45) is 5.92 Å². The highest BCUT2D eigenvalue weighted by molar-refractivity contribution is 5.85. The third-order valence-electron chi connectivity index (χ3n) is 6.89. The first kappa shape index (κ1) is 19.7. The van der Waals surface area contributed by atoms with Crippen molar-refractivity contribution in [3.63, 3.8) is 0 Å². The van der Waals surface area contributed by atoms with Crippen LogP contribution >= 0.6 is 0 Å². The normalized spacial score (nSPS) is 22.8. The van der Waals surface area contributed by atoms with Crippen molar-refractivity contribution in [3.05, 3.63) is 12.2 Å². The maximum Gasteiger partial charge on any atom is 0.224 e. The number of carbonyl (C=O) groups excluding carboxylic acids is 1. The molecule has 8 heteroatoms. The summed E-state index contributed by atoms with van der Waals surface area (Å²) in [6.45, 7) is 6.69. The van der Waals surface area contributed by atoms with Gasteiger partial charge in [-0.05, 0) is 51.6 Å². The third-order valence-corrected chi connectivity index (χ3v) is 6.89. The minimum atomic E-state index is 0.0165. The van der Waals surface area contributed by atoms with Crippen LogP contribution in [0, 0.1) is 5.92 Å². The van der Waals surface area contributed by atoms with Gasteiger partial charge in [-0.15, -0.1) is 0 Å². The Bertz CT molecular complexity index is 889. The number of carbonyl (C=O) groups is 1. The molecule has 30 heavy (non-hydrogen) atoms. The quantitative estimate of drug-likeness (QED) is 0.811. The van der Waals surface area contributed by atoms with Crippen LogP contribution in [0.4, 0.5) is 5.82 Å². The van der Waals surface area contributed by atoms with Crippen molar-refractivity contribution in [3.8, 4) is 0 Å². The average molecular weight is 412 g/mol. The van der Waals surface area contributed by atoms with E-state index in [-0.39, 0.29) is 11.8 Å². The molecule has 3 aliphatic rings. The number of likely N-dealkylation sites (tertiary alicyclic amines) is 1. The second-order valence-electron chi connectivity index (χ2n) is 8.98. The number of fused-ring (bicyclic) bond motifs is 3. The fourth-order valence-electron chi connectivity index (χ4n) is 5.23. The Morgan fingerprint density at radius 3 is 2.80 bits per heavy atom. The van der Waals surface area contributed by atoms with Crippen LogP contribution in [0.1, 0.15) is 50.8 Å². The summed E-state index contributed by atoms with van der Waals surface area (Å²) in [5.41, 5.74) is 1.86. The van der Waals surface area contributed by atoms with Crippen LogP contribution in [0.15, 0.2) is 6.33 Å². The monoisotopic (exact) mass is 411 g/mol. The average Bonchev–Trinajstić information content (AvgIpc) is 3.35. The van der Waals surface area contributed by atoms with Crippen LogP contribution in [0.2, 0.25) is 0 Å². The fourth-order valence-corrected chi connectivity index (χ4v) is 5.23. The van der Waals surface area contributed by atoms with E-state index in [0.717, 1.165) is 68.2 Å². The number of hydrogen-bond donors (Lipinski definition) is 1. The molecule has 1 unspecified atom stereocenters. The van der Waals surface area contributed by atoms with E-state index in [1.54, 1.807) is 6.33 Å². The Labute approximate surface area is 178 Å². The highest BCUT2D eigenvalue weighted by Gasteiger charge is 2.29. The van der Waals surface area contributed by atoms with Crippen LogP contribution in [0.3, 0.4) is 0 Å². The molecular weight excluding hydrogens is 378 g/mol. The zero-order chi connectivity index (χ0) is 20.3. The van der Waals surface area contributed by atoms with E-state index in [1.165, 1.54) is 45.2 Å². The molecule has 2 aromatic rings. The Kier molecular flexibility index (Phi) is 5.84. The van der Waals surface area contributed by atoms with Gasteiger partial charge >= 0.3 is 0 Å². The van der Waals surface area contributed by atoms with Gasteiger partial charge in [0, 0.05) is 39.1 Å². The van der Waals surface area contributed by atoms with E-state index in [0.29, 0.717) is 6.54 Å². The van der Waals surface area contributed by atoms with Crippen molar-refractivity contribution < 1.29 is 4.79 Å². The molecule has 2 saturated heterocycles. The van der Waals surface area contributed by atoms with Gasteiger partial charge in [0.05, 0.1) is 5.92 Å². The minimum absolute atomic E-state index is 0.0165. The van der Waals surface area contributed by atoms with E-state index in [4.69, 9.17) is 4.98 Å². The maximum atomic E-state index is 12.8. The second-order valence-corrected chi connectivity index (χ2v) is 8.98. The number of anilines is 1. The van der Waals surface area contributed by atoms with Gasteiger partial charge in [0.15, 0.2) is 17.0 Å². The van der Waals surface area contributed by atoms with Crippen LogP contribution in [0.25, 0.3) is 11.2 Å². The van der Waals surface area contributed by atoms with Gasteiger partial charge in [-0.2, -0.15) is 0 Å². The molecule has 0 aromatic carbocycles. The number of hydrogen-bond acceptors (Lipinski definition) is 6. The van der Waals surface area contributed by atoms with Gasteiger partial charge in [0.1, 0.15) is 12.2 Å². The summed E-state index contributed by atoms with van der Waals surface area (Å²) in [6, 6.07) is 0. The van der Waals surface area contributed by atoms with Crippen LogP contribution in [-0.2, 0) is 17.8 Å². The van der Waals surface area contributed by atoms with Crippen molar-refractivity contribution in [1.29, 1.82) is 0 Å². The molecule has 162 valence electrons. The number of amides is 1. The summed E-state index contributed by atoms with van der Waals surface area (Å²) < 4.78 is 2.28. The molecule has 1 N–H and O–H groups in total. The summed E-state index contributed by atoms with van der Waals surface area (Å²) in [6.07, 6.45) is 10.8. The van der Waals surface area contributed by atoms with Gasteiger partial charge < -0.3 is 19.7 Å².